The molecule has 0 heterocycles. The van der Waals surface area contributed by atoms with Crippen molar-refractivity contribution in [1.29, 1.82) is 0 Å². The summed E-state index contributed by atoms with van der Waals surface area (Å²) in [5.74, 6) is 0. The third-order valence-corrected chi connectivity index (χ3v) is 5.09. The Labute approximate surface area is 213 Å². The van der Waals surface area contributed by atoms with E-state index < -0.39 is 10.1 Å². The molecule has 128 valence electrons. The molecule has 0 aliphatic rings. The molecule has 0 amide bonds. The molecule has 3 nitrogen and oxygen atoms in total. The number of benzene rings is 1. The van der Waals surface area contributed by atoms with Gasteiger partial charge in [0.1, 0.15) is 0 Å². The summed E-state index contributed by atoms with van der Waals surface area (Å²) in [4.78, 5) is 0.238. The second-order valence-corrected chi connectivity index (χ2v) is 7.39. The molecular formula is C18H30KNaO3S. The summed E-state index contributed by atoms with van der Waals surface area (Å²) in [5.41, 5.74) is 0. The summed E-state index contributed by atoms with van der Waals surface area (Å²) in [6, 6.07) is 8.33. The molecule has 0 saturated carbocycles. The average Bonchev–Trinajstić information content (AvgIpc) is 2.53. The van der Waals surface area contributed by atoms with Gasteiger partial charge in [-0.2, -0.15) is 8.42 Å². The molecule has 0 aliphatic heterocycles. The fourth-order valence-corrected chi connectivity index (χ4v) is 3.38. The standard InChI is InChI=1S/C18H30O3S.K.Na/c1-2-3-4-5-6-7-8-9-10-14-17-21-22(19,20)18-15-12-11-13-16-18;;/h11-13,15-16H,2-10,14,17H2,1H3;;. The van der Waals surface area contributed by atoms with Crippen LogP contribution in [-0.2, 0) is 14.3 Å². The smallest absolute Gasteiger partial charge is 0.266 e. The molecule has 0 bridgehead atoms. The molecule has 0 unspecified atom stereocenters. The molecule has 0 aliphatic carbocycles. The molecule has 1 aromatic carbocycles. The van der Waals surface area contributed by atoms with Crippen molar-refractivity contribution >= 4 is 91.1 Å². The summed E-state index contributed by atoms with van der Waals surface area (Å²) < 4.78 is 28.8. The average molecular weight is 389 g/mol. The Morgan fingerprint density at radius 3 is 1.75 bits per heavy atom. The van der Waals surface area contributed by atoms with E-state index in [1.165, 1.54) is 51.4 Å². The van der Waals surface area contributed by atoms with Crippen LogP contribution in [0.15, 0.2) is 35.2 Å². The van der Waals surface area contributed by atoms with Gasteiger partial charge in [0, 0.05) is 80.9 Å². The van der Waals surface area contributed by atoms with Crippen LogP contribution in [0.25, 0.3) is 0 Å². The number of unbranched alkanes of at least 4 members (excludes halogenated alkanes) is 9. The van der Waals surface area contributed by atoms with Crippen molar-refractivity contribution in [3.05, 3.63) is 30.3 Å². The fourth-order valence-electron chi connectivity index (χ4n) is 2.41. The van der Waals surface area contributed by atoms with Crippen molar-refractivity contribution in [3.8, 4) is 0 Å². The van der Waals surface area contributed by atoms with Crippen molar-refractivity contribution < 1.29 is 12.6 Å². The summed E-state index contributed by atoms with van der Waals surface area (Å²) in [7, 11) is -3.57. The number of hydrogen-bond donors (Lipinski definition) is 0. The zero-order valence-electron chi connectivity index (χ0n) is 15.8. The first-order valence-electron chi connectivity index (χ1n) is 8.61. The first-order valence-corrected chi connectivity index (χ1v) is 10.0. The minimum atomic E-state index is -3.57. The van der Waals surface area contributed by atoms with Gasteiger partial charge in [-0.05, 0) is 18.6 Å². The maximum absolute atomic E-state index is 11.9. The fraction of sp³-hybridized carbons (Fsp3) is 0.667. The quantitative estimate of drug-likeness (QED) is 0.283. The zero-order chi connectivity index (χ0) is 16.1. The SMILES string of the molecule is CCCCCCCCCCCCOS(=O)(=O)c1ccccc1.[K].[Na]. The van der Waals surface area contributed by atoms with Crippen LogP contribution in [-0.4, -0.2) is 96.0 Å². The molecule has 6 heteroatoms. The van der Waals surface area contributed by atoms with E-state index in [9.17, 15) is 8.42 Å². The van der Waals surface area contributed by atoms with E-state index in [1.54, 1.807) is 30.3 Å². The van der Waals surface area contributed by atoms with Gasteiger partial charge in [-0.3, -0.25) is 4.18 Å². The summed E-state index contributed by atoms with van der Waals surface area (Å²) in [6.45, 7) is 2.52. The first-order chi connectivity index (χ1) is 10.7. The van der Waals surface area contributed by atoms with Crippen LogP contribution in [0.5, 0.6) is 0 Å². The van der Waals surface area contributed by atoms with Crippen molar-refractivity contribution in [2.75, 3.05) is 6.61 Å². The molecule has 1 rings (SSSR count). The maximum Gasteiger partial charge on any atom is 0.296 e. The number of rotatable bonds is 13. The van der Waals surface area contributed by atoms with Gasteiger partial charge in [0.05, 0.1) is 11.5 Å². The largest absolute Gasteiger partial charge is 0.296 e. The molecule has 0 aromatic heterocycles. The van der Waals surface area contributed by atoms with Crippen LogP contribution in [0.1, 0.15) is 71.1 Å². The van der Waals surface area contributed by atoms with Crippen LogP contribution >= 0.6 is 0 Å². The normalized spacial score (nSPS) is 10.7. The Bertz CT molecular complexity index is 480. The van der Waals surface area contributed by atoms with Crippen molar-refractivity contribution in [2.24, 2.45) is 0 Å². The second-order valence-electron chi connectivity index (χ2n) is 5.77. The topological polar surface area (TPSA) is 43.4 Å². The van der Waals surface area contributed by atoms with E-state index in [1.807, 2.05) is 0 Å². The minimum Gasteiger partial charge on any atom is -0.266 e. The Morgan fingerprint density at radius 1 is 0.792 bits per heavy atom. The third kappa shape index (κ3) is 13.9. The Hall–Kier alpha value is 1.77. The Morgan fingerprint density at radius 2 is 1.25 bits per heavy atom. The van der Waals surface area contributed by atoms with Gasteiger partial charge in [0.25, 0.3) is 10.1 Å². The van der Waals surface area contributed by atoms with Crippen LogP contribution < -0.4 is 0 Å². The van der Waals surface area contributed by atoms with Gasteiger partial charge >= 0.3 is 0 Å². The van der Waals surface area contributed by atoms with Crippen LogP contribution in [0, 0.1) is 0 Å². The molecule has 0 atom stereocenters. The third-order valence-electron chi connectivity index (χ3n) is 3.77. The van der Waals surface area contributed by atoms with Gasteiger partial charge in [-0.25, -0.2) is 0 Å². The summed E-state index contributed by atoms with van der Waals surface area (Å²) in [5, 5.41) is 0. The predicted octanol–water partition coefficient (Wildman–Crippen LogP) is 4.55. The van der Waals surface area contributed by atoms with E-state index in [4.69, 9.17) is 4.18 Å². The second kappa shape index (κ2) is 18.1. The zero-order valence-corrected chi connectivity index (χ0v) is 21.7. The molecule has 24 heavy (non-hydrogen) atoms. The molecule has 0 saturated heterocycles. The monoisotopic (exact) mass is 388 g/mol. The van der Waals surface area contributed by atoms with Crippen molar-refractivity contribution in [3.63, 3.8) is 0 Å². The minimum absolute atomic E-state index is 0. The van der Waals surface area contributed by atoms with E-state index in [-0.39, 0.29) is 92.4 Å². The molecule has 0 N–H and O–H groups in total. The van der Waals surface area contributed by atoms with E-state index in [2.05, 4.69) is 6.92 Å². The van der Waals surface area contributed by atoms with Crippen molar-refractivity contribution in [2.45, 2.75) is 76.0 Å². The summed E-state index contributed by atoms with van der Waals surface area (Å²) >= 11 is 0. The van der Waals surface area contributed by atoms with Gasteiger partial charge in [-0.1, -0.05) is 82.9 Å². The van der Waals surface area contributed by atoms with Crippen molar-refractivity contribution in [1.82, 2.24) is 0 Å². The maximum atomic E-state index is 11.9. The first kappa shape index (κ1) is 28.0. The van der Waals surface area contributed by atoms with Gasteiger partial charge < -0.3 is 0 Å². The Balaban J connectivity index is 0. The Kier molecular flexibility index (Phi) is 21.2. The summed E-state index contributed by atoms with van der Waals surface area (Å²) in [6.07, 6.45) is 12.3. The van der Waals surface area contributed by atoms with Crippen LogP contribution in [0.3, 0.4) is 0 Å². The van der Waals surface area contributed by atoms with Gasteiger partial charge in [0.15, 0.2) is 0 Å². The molecule has 1 aromatic rings. The molecule has 0 spiro atoms. The van der Waals surface area contributed by atoms with Crippen LogP contribution in [0.2, 0.25) is 0 Å². The number of hydrogen-bond acceptors (Lipinski definition) is 3. The molecule has 2 radical (unpaired) electrons. The van der Waals surface area contributed by atoms with E-state index in [0.717, 1.165) is 12.8 Å². The van der Waals surface area contributed by atoms with Gasteiger partial charge in [0.2, 0.25) is 0 Å². The molecular weight excluding hydrogens is 358 g/mol. The van der Waals surface area contributed by atoms with E-state index in [0.29, 0.717) is 0 Å². The predicted molar refractivity (Wildman–Crippen MR) is 103 cm³/mol. The van der Waals surface area contributed by atoms with Gasteiger partial charge in [-0.15, -0.1) is 0 Å². The van der Waals surface area contributed by atoms with Crippen LogP contribution in [0.4, 0.5) is 0 Å². The van der Waals surface area contributed by atoms with E-state index >= 15 is 0 Å². The molecule has 0 fully saturated rings.